The largest absolute Gasteiger partial charge is 0.494 e. The minimum atomic E-state index is -0.300. The molecule has 7 nitrogen and oxygen atoms in total. The van der Waals surface area contributed by atoms with Crippen LogP contribution >= 0.6 is 11.8 Å². The number of rotatable bonds is 8. The Morgan fingerprint density at radius 1 is 1.09 bits per heavy atom. The molecule has 1 amide bonds. The molecule has 1 heterocycles. The first-order chi connectivity index (χ1) is 16.6. The molecule has 0 bridgehead atoms. The SMILES string of the molecule is CCOc1ccc(/C=N\NC(=O)CSc2nc3ccccc3c(=O)n2-c2ccccc2C)cc1. The zero-order chi connectivity index (χ0) is 23.9. The van der Waals surface area contributed by atoms with Crippen LogP contribution < -0.4 is 15.7 Å². The van der Waals surface area contributed by atoms with Crippen molar-refractivity contribution >= 4 is 34.8 Å². The summed E-state index contributed by atoms with van der Waals surface area (Å²) in [5.74, 6) is 0.533. The Hall–Kier alpha value is -3.91. The number of ether oxygens (including phenoxy) is 1. The molecule has 1 N–H and O–H groups in total. The van der Waals surface area contributed by atoms with E-state index in [-0.39, 0.29) is 17.2 Å². The number of amides is 1. The van der Waals surface area contributed by atoms with Crippen molar-refractivity contribution in [1.29, 1.82) is 0 Å². The van der Waals surface area contributed by atoms with Crippen LogP contribution in [0.2, 0.25) is 0 Å². The number of hydrogen-bond acceptors (Lipinski definition) is 6. The van der Waals surface area contributed by atoms with Gasteiger partial charge in [-0.05, 0) is 67.4 Å². The van der Waals surface area contributed by atoms with E-state index in [0.29, 0.717) is 22.7 Å². The molecule has 0 fully saturated rings. The van der Waals surface area contributed by atoms with Crippen molar-refractivity contribution in [3.63, 3.8) is 0 Å². The number of hydrogen-bond donors (Lipinski definition) is 1. The second-order valence-electron chi connectivity index (χ2n) is 7.42. The molecule has 4 aromatic rings. The van der Waals surface area contributed by atoms with Crippen molar-refractivity contribution in [2.45, 2.75) is 19.0 Å². The van der Waals surface area contributed by atoms with Crippen LogP contribution in [0.15, 0.2) is 87.8 Å². The number of carbonyl (C=O) groups is 1. The molecule has 4 rings (SSSR count). The van der Waals surface area contributed by atoms with Crippen LogP contribution in [-0.2, 0) is 4.79 Å². The fourth-order valence-electron chi connectivity index (χ4n) is 3.39. The normalized spacial score (nSPS) is 11.1. The maximum Gasteiger partial charge on any atom is 0.266 e. The van der Waals surface area contributed by atoms with Crippen LogP contribution in [-0.4, -0.2) is 34.0 Å². The molecule has 3 aromatic carbocycles. The van der Waals surface area contributed by atoms with Gasteiger partial charge in [0, 0.05) is 0 Å². The number of para-hydroxylation sites is 2. The highest BCUT2D eigenvalue weighted by Gasteiger charge is 2.15. The lowest BCUT2D eigenvalue weighted by Crippen LogP contribution is -2.24. The van der Waals surface area contributed by atoms with Gasteiger partial charge in [0.05, 0.1) is 35.2 Å². The Kier molecular flexibility index (Phi) is 7.39. The first kappa shape index (κ1) is 23.3. The van der Waals surface area contributed by atoms with Gasteiger partial charge < -0.3 is 4.74 Å². The molecule has 34 heavy (non-hydrogen) atoms. The van der Waals surface area contributed by atoms with E-state index in [1.807, 2.05) is 74.5 Å². The standard InChI is InChI=1S/C26H24N4O3S/c1-3-33-20-14-12-19(13-15-20)16-27-29-24(31)17-34-26-28-22-10-6-5-9-21(22)25(32)30(26)23-11-7-4-8-18(23)2/h4-16H,3,17H2,1-2H3,(H,29,31)/b27-16-. The fourth-order valence-corrected chi connectivity index (χ4v) is 4.19. The maximum atomic E-state index is 13.3. The van der Waals surface area contributed by atoms with Gasteiger partial charge >= 0.3 is 0 Å². The van der Waals surface area contributed by atoms with Gasteiger partial charge in [-0.15, -0.1) is 0 Å². The highest BCUT2D eigenvalue weighted by Crippen LogP contribution is 2.23. The Morgan fingerprint density at radius 2 is 1.82 bits per heavy atom. The number of aryl methyl sites for hydroxylation is 1. The van der Waals surface area contributed by atoms with E-state index in [4.69, 9.17) is 4.74 Å². The zero-order valence-corrected chi connectivity index (χ0v) is 19.7. The summed E-state index contributed by atoms with van der Waals surface area (Å²) in [6.45, 7) is 4.47. The number of fused-ring (bicyclic) bond motifs is 1. The summed E-state index contributed by atoms with van der Waals surface area (Å²) < 4.78 is 6.98. The van der Waals surface area contributed by atoms with Crippen molar-refractivity contribution in [3.05, 3.63) is 94.3 Å². The van der Waals surface area contributed by atoms with Gasteiger partial charge in [-0.3, -0.25) is 14.2 Å². The molecule has 0 aliphatic carbocycles. The minimum Gasteiger partial charge on any atom is -0.494 e. The molecule has 1 aromatic heterocycles. The van der Waals surface area contributed by atoms with Crippen LogP contribution in [0, 0.1) is 6.92 Å². The van der Waals surface area contributed by atoms with Gasteiger partial charge in [-0.2, -0.15) is 5.10 Å². The molecular formula is C26H24N4O3S. The van der Waals surface area contributed by atoms with Crippen LogP contribution in [0.4, 0.5) is 0 Å². The van der Waals surface area contributed by atoms with E-state index in [1.165, 1.54) is 11.8 Å². The summed E-state index contributed by atoms with van der Waals surface area (Å²) in [7, 11) is 0. The van der Waals surface area contributed by atoms with Crippen LogP contribution in [0.25, 0.3) is 16.6 Å². The van der Waals surface area contributed by atoms with Crippen molar-refractivity contribution < 1.29 is 9.53 Å². The summed E-state index contributed by atoms with van der Waals surface area (Å²) in [5.41, 5.74) is 5.46. The van der Waals surface area contributed by atoms with Crippen molar-refractivity contribution in [2.75, 3.05) is 12.4 Å². The average molecular weight is 473 g/mol. The molecular weight excluding hydrogens is 448 g/mol. The lowest BCUT2D eigenvalue weighted by atomic mass is 10.2. The van der Waals surface area contributed by atoms with Crippen LogP contribution in [0.3, 0.4) is 0 Å². The summed E-state index contributed by atoms with van der Waals surface area (Å²) >= 11 is 1.19. The summed E-state index contributed by atoms with van der Waals surface area (Å²) in [6.07, 6.45) is 1.57. The lowest BCUT2D eigenvalue weighted by Gasteiger charge is -2.14. The van der Waals surface area contributed by atoms with E-state index < -0.39 is 0 Å². The quantitative estimate of drug-likeness (QED) is 0.179. The molecule has 0 saturated carbocycles. The number of thioether (sulfide) groups is 1. The first-order valence-corrected chi connectivity index (χ1v) is 11.8. The second-order valence-corrected chi connectivity index (χ2v) is 8.36. The molecule has 8 heteroatoms. The van der Waals surface area contributed by atoms with Crippen LogP contribution in [0.5, 0.6) is 5.75 Å². The van der Waals surface area contributed by atoms with Gasteiger partial charge in [-0.25, -0.2) is 10.4 Å². The molecule has 0 radical (unpaired) electrons. The van der Waals surface area contributed by atoms with Gasteiger partial charge in [0.2, 0.25) is 0 Å². The Balaban J connectivity index is 1.51. The highest BCUT2D eigenvalue weighted by molar-refractivity contribution is 7.99. The highest BCUT2D eigenvalue weighted by atomic mass is 32.2. The van der Waals surface area contributed by atoms with Gasteiger partial charge in [0.25, 0.3) is 11.5 Å². The third-order valence-corrected chi connectivity index (χ3v) is 5.97. The number of nitrogens with zero attached hydrogens (tertiary/aromatic N) is 3. The summed E-state index contributed by atoms with van der Waals surface area (Å²) in [6, 6.07) is 22.2. The van der Waals surface area contributed by atoms with Crippen molar-refractivity contribution in [1.82, 2.24) is 15.0 Å². The molecule has 0 aliphatic rings. The van der Waals surface area contributed by atoms with E-state index in [0.717, 1.165) is 22.6 Å². The van der Waals surface area contributed by atoms with Gasteiger partial charge in [-0.1, -0.05) is 42.1 Å². The number of nitrogens with one attached hydrogen (secondary N) is 1. The van der Waals surface area contributed by atoms with Gasteiger partial charge in [0.15, 0.2) is 5.16 Å². The zero-order valence-electron chi connectivity index (χ0n) is 18.9. The number of carbonyl (C=O) groups excluding carboxylic acids is 1. The Bertz CT molecular complexity index is 1400. The van der Waals surface area contributed by atoms with E-state index in [1.54, 1.807) is 22.9 Å². The maximum absolute atomic E-state index is 13.3. The molecule has 0 aliphatic heterocycles. The average Bonchev–Trinajstić information content (AvgIpc) is 2.85. The number of benzene rings is 3. The minimum absolute atomic E-state index is 0.0529. The molecule has 0 unspecified atom stereocenters. The second kappa shape index (κ2) is 10.8. The Morgan fingerprint density at radius 3 is 2.59 bits per heavy atom. The lowest BCUT2D eigenvalue weighted by molar-refractivity contribution is -0.118. The van der Waals surface area contributed by atoms with E-state index in [2.05, 4.69) is 15.5 Å². The number of aromatic nitrogens is 2. The van der Waals surface area contributed by atoms with Crippen molar-refractivity contribution in [3.8, 4) is 11.4 Å². The van der Waals surface area contributed by atoms with Crippen molar-refractivity contribution in [2.24, 2.45) is 5.10 Å². The Labute approximate surface area is 201 Å². The third-order valence-electron chi connectivity index (χ3n) is 5.03. The topological polar surface area (TPSA) is 85.6 Å². The fraction of sp³-hybridized carbons (Fsp3) is 0.154. The predicted molar refractivity (Wildman–Crippen MR) is 136 cm³/mol. The smallest absolute Gasteiger partial charge is 0.266 e. The number of hydrazone groups is 1. The van der Waals surface area contributed by atoms with Crippen LogP contribution in [0.1, 0.15) is 18.1 Å². The molecule has 0 saturated heterocycles. The summed E-state index contributed by atoms with van der Waals surface area (Å²) in [4.78, 5) is 30.4. The van der Waals surface area contributed by atoms with E-state index in [9.17, 15) is 9.59 Å². The monoisotopic (exact) mass is 472 g/mol. The first-order valence-electron chi connectivity index (χ1n) is 10.8. The van der Waals surface area contributed by atoms with E-state index >= 15 is 0 Å². The molecule has 0 atom stereocenters. The van der Waals surface area contributed by atoms with Gasteiger partial charge in [0.1, 0.15) is 5.75 Å². The molecule has 172 valence electrons. The summed E-state index contributed by atoms with van der Waals surface area (Å²) in [5, 5.41) is 5.00. The molecule has 0 spiro atoms. The third kappa shape index (κ3) is 5.35. The predicted octanol–water partition coefficient (Wildman–Crippen LogP) is 4.34.